The Kier molecular flexibility index (Phi) is 3.90. The lowest BCUT2D eigenvalue weighted by Crippen LogP contribution is -2.37. The van der Waals surface area contributed by atoms with Gasteiger partial charge in [-0.3, -0.25) is 0 Å². The van der Waals surface area contributed by atoms with Crippen molar-refractivity contribution in [3.05, 3.63) is 5.89 Å². The number of hydrogen-bond donors (Lipinski definition) is 1. The summed E-state index contributed by atoms with van der Waals surface area (Å²) in [7, 11) is 2.04. The Morgan fingerprint density at radius 1 is 1.33 bits per heavy atom. The van der Waals surface area contributed by atoms with Crippen LogP contribution in [-0.2, 0) is 6.42 Å². The normalized spacial score (nSPS) is 20.0. The maximum atomic E-state index is 5.61. The standard InChI is InChI=1S/C13H24N4O/c1-13(2)7-4-10(5-8-13)17(3)12-16-15-11(18-12)6-9-14/h10H,4-9,14H2,1-3H3. The van der Waals surface area contributed by atoms with Gasteiger partial charge < -0.3 is 15.1 Å². The van der Waals surface area contributed by atoms with Crippen LogP contribution in [0.1, 0.15) is 45.4 Å². The summed E-state index contributed by atoms with van der Waals surface area (Å²) < 4.78 is 5.61. The molecule has 1 aliphatic rings. The highest BCUT2D eigenvalue weighted by Crippen LogP contribution is 2.37. The quantitative estimate of drug-likeness (QED) is 0.887. The minimum atomic E-state index is 0.483. The molecule has 0 saturated heterocycles. The van der Waals surface area contributed by atoms with Crippen molar-refractivity contribution in [3.63, 3.8) is 0 Å². The number of rotatable bonds is 4. The van der Waals surface area contributed by atoms with E-state index in [1.807, 2.05) is 7.05 Å². The van der Waals surface area contributed by atoms with Crippen molar-refractivity contribution in [1.29, 1.82) is 0 Å². The summed E-state index contributed by atoms with van der Waals surface area (Å²) in [6.45, 7) is 5.23. The minimum Gasteiger partial charge on any atom is -0.408 e. The van der Waals surface area contributed by atoms with Crippen LogP contribution in [0.2, 0.25) is 0 Å². The van der Waals surface area contributed by atoms with E-state index in [1.165, 1.54) is 25.7 Å². The summed E-state index contributed by atoms with van der Waals surface area (Å²) in [5.74, 6) is 0.635. The molecule has 1 aliphatic carbocycles. The highest BCUT2D eigenvalue weighted by molar-refractivity contribution is 5.25. The Morgan fingerprint density at radius 2 is 2.00 bits per heavy atom. The van der Waals surface area contributed by atoms with Crippen molar-refractivity contribution in [2.24, 2.45) is 11.1 Å². The molecule has 102 valence electrons. The number of aromatic nitrogens is 2. The summed E-state index contributed by atoms with van der Waals surface area (Å²) in [4.78, 5) is 2.13. The SMILES string of the molecule is CN(c1nnc(CCN)o1)C1CCC(C)(C)CC1. The van der Waals surface area contributed by atoms with Crippen LogP contribution in [0.15, 0.2) is 4.42 Å². The highest BCUT2D eigenvalue weighted by atomic mass is 16.4. The first-order valence-corrected chi connectivity index (χ1v) is 6.77. The zero-order valence-corrected chi connectivity index (χ0v) is 11.6. The van der Waals surface area contributed by atoms with Crippen LogP contribution in [0.25, 0.3) is 0 Å². The molecule has 5 heteroatoms. The van der Waals surface area contributed by atoms with Crippen LogP contribution in [0.5, 0.6) is 0 Å². The van der Waals surface area contributed by atoms with Crippen LogP contribution in [-0.4, -0.2) is 29.8 Å². The van der Waals surface area contributed by atoms with Crippen LogP contribution in [0, 0.1) is 5.41 Å². The Bertz CT molecular complexity index is 378. The largest absolute Gasteiger partial charge is 0.408 e. The molecule has 0 atom stereocenters. The third-order valence-corrected chi connectivity index (χ3v) is 3.97. The molecule has 0 aromatic carbocycles. The van der Waals surface area contributed by atoms with Crippen molar-refractivity contribution in [2.75, 3.05) is 18.5 Å². The monoisotopic (exact) mass is 252 g/mol. The van der Waals surface area contributed by atoms with Crippen LogP contribution < -0.4 is 10.6 Å². The van der Waals surface area contributed by atoms with Gasteiger partial charge in [-0.2, -0.15) is 0 Å². The first kappa shape index (κ1) is 13.3. The fraction of sp³-hybridized carbons (Fsp3) is 0.846. The molecule has 1 aromatic rings. The molecule has 2 rings (SSSR count). The van der Waals surface area contributed by atoms with E-state index in [4.69, 9.17) is 10.2 Å². The van der Waals surface area contributed by atoms with Gasteiger partial charge in [-0.25, -0.2) is 0 Å². The van der Waals surface area contributed by atoms with Gasteiger partial charge in [-0.1, -0.05) is 18.9 Å². The van der Waals surface area contributed by atoms with Gasteiger partial charge >= 0.3 is 6.01 Å². The van der Waals surface area contributed by atoms with E-state index < -0.39 is 0 Å². The zero-order valence-electron chi connectivity index (χ0n) is 11.6. The van der Waals surface area contributed by atoms with Gasteiger partial charge in [0.15, 0.2) is 0 Å². The smallest absolute Gasteiger partial charge is 0.318 e. The molecule has 0 aliphatic heterocycles. The van der Waals surface area contributed by atoms with Gasteiger partial charge in [0.05, 0.1) is 0 Å². The predicted octanol–water partition coefficient (Wildman–Crippen LogP) is 1.98. The number of nitrogens with zero attached hydrogens (tertiary/aromatic N) is 3. The van der Waals surface area contributed by atoms with E-state index in [1.54, 1.807) is 0 Å². The average molecular weight is 252 g/mol. The maximum absolute atomic E-state index is 5.61. The second-order valence-corrected chi connectivity index (χ2v) is 6.02. The van der Waals surface area contributed by atoms with Crippen molar-refractivity contribution in [1.82, 2.24) is 10.2 Å². The fourth-order valence-corrected chi connectivity index (χ4v) is 2.54. The van der Waals surface area contributed by atoms with Crippen molar-refractivity contribution in [2.45, 2.75) is 52.0 Å². The van der Waals surface area contributed by atoms with Crippen LogP contribution in [0.3, 0.4) is 0 Å². The third kappa shape index (κ3) is 3.02. The topological polar surface area (TPSA) is 68.2 Å². The summed E-state index contributed by atoms with van der Waals surface area (Å²) >= 11 is 0. The van der Waals surface area contributed by atoms with E-state index in [0.717, 1.165) is 0 Å². The molecule has 0 bridgehead atoms. The highest BCUT2D eigenvalue weighted by Gasteiger charge is 2.30. The molecular formula is C13H24N4O. The molecule has 1 aromatic heterocycles. The first-order chi connectivity index (χ1) is 8.52. The number of nitrogens with two attached hydrogens (primary N) is 1. The lowest BCUT2D eigenvalue weighted by atomic mass is 9.75. The molecule has 1 heterocycles. The van der Waals surface area contributed by atoms with Gasteiger partial charge in [0.1, 0.15) is 0 Å². The molecule has 1 saturated carbocycles. The Morgan fingerprint density at radius 3 is 2.61 bits per heavy atom. The molecular weight excluding hydrogens is 228 g/mol. The predicted molar refractivity (Wildman–Crippen MR) is 71.5 cm³/mol. The van der Waals surface area contributed by atoms with Gasteiger partial charge in [0, 0.05) is 26.1 Å². The average Bonchev–Trinajstić information content (AvgIpc) is 2.77. The van der Waals surface area contributed by atoms with Crippen molar-refractivity contribution >= 4 is 6.01 Å². The summed E-state index contributed by atoms with van der Waals surface area (Å²) in [5.41, 5.74) is 5.96. The van der Waals surface area contributed by atoms with E-state index in [0.29, 0.717) is 36.3 Å². The molecule has 0 spiro atoms. The van der Waals surface area contributed by atoms with Gasteiger partial charge in [-0.15, -0.1) is 5.10 Å². The van der Waals surface area contributed by atoms with Gasteiger partial charge in [0.2, 0.25) is 5.89 Å². The zero-order chi connectivity index (χ0) is 13.2. The minimum absolute atomic E-state index is 0.483. The molecule has 5 nitrogen and oxygen atoms in total. The Balaban J connectivity index is 1.96. The fourth-order valence-electron chi connectivity index (χ4n) is 2.54. The number of anilines is 1. The van der Waals surface area contributed by atoms with Crippen molar-refractivity contribution in [3.8, 4) is 0 Å². The van der Waals surface area contributed by atoms with Crippen LogP contribution in [0.4, 0.5) is 6.01 Å². The molecule has 18 heavy (non-hydrogen) atoms. The maximum Gasteiger partial charge on any atom is 0.318 e. The van der Waals surface area contributed by atoms with E-state index in [2.05, 4.69) is 28.9 Å². The van der Waals surface area contributed by atoms with E-state index in [-0.39, 0.29) is 0 Å². The second kappa shape index (κ2) is 5.26. The van der Waals surface area contributed by atoms with Gasteiger partial charge in [0.25, 0.3) is 0 Å². The molecule has 0 radical (unpaired) electrons. The Hall–Kier alpha value is -1.10. The number of hydrogen-bond acceptors (Lipinski definition) is 5. The van der Waals surface area contributed by atoms with Crippen molar-refractivity contribution < 1.29 is 4.42 Å². The molecule has 1 fully saturated rings. The molecule has 0 amide bonds. The first-order valence-electron chi connectivity index (χ1n) is 6.77. The lowest BCUT2D eigenvalue weighted by molar-refractivity contribution is 0.219. The van der Waals surface area contributed by atoms with Gasteiger partial charge in [-0.05, 0) is 31.1 Å². The summed E-state index contributed by atoms with van der Waals surface area (Å²) in [5, 5.41) is 8.11. The van der Waals surface area contributed by atoms with Crippen LogP contribution >= 0.6 is 0 Å². The summed E-state index contributed by atoms with van der Waals surface area (Å²) in [6.07, 6.45) is 5.55. The van der Waals surface area contributed by atoms with E-state index in [9.17, 15) is 0 Å². The Labute approximate surface area is 109 Å². The van der Waals surface area contributed by atoms with E-state index >= 15 is 0 Å². The molecule has 2 N–H and O–H groups in total. The summed E-state index contributed by atoms with van der Waals surface area (Å²) in [6, 6.07) is 1.15. The second-order valence-electron chi connectivity index (χ2n) is 6.02. The third-order valence-electron chi connectivity index (χ3n) is 3.97. The lowest BCUT2D eigenvalue weighted by Gasteiger charge is -2.37. The molecule has 0 unspecified atom stereocenters.